The van der Waals surface area contributed by atoms with E-state index in [4.69, 9.17) is 0 Å². The molecule has 7 heteroatoms. The van der Waals surface area contributed by atoms with Crippen molar-refractivity contribution in [1.29, 1.82) is 0 Å². The summed E-state index contributed by atoms with van der Waals surface area (Å²) in [5.74, 6) is -0.0948. The van der Waals surface area contributed by atoms with Gasteiger partial charge in [-0.15, -0.1) is 0 Å². The number of halogens is 4. The highest BCUT2D eigenvalue weighted by atomic mass is 19.4. The van der Waals surface area contributed by atoms with E-state index in [9.17, 15) is 17.6 Å². The second-order valence-corrected chi connectivity index (χ2v) is 8.03. The second-order valence-electron chi connectivity index (χ2n) is 8.03. The Morgan fingerprint density at radius 3 is 2.45 bits per heavy atom. The van der Waals surface area contributed by atoms with Crippen LogP contribution in [0, 0.1) is 11.7 Å². The Bertz CT molecular complexity index is 844. The molecular formula is C22H27F4N3. The number of nitrogens with one attached hydrogen (secondary N) is 2. The lowest BCUT2D eigenvalue weighted by atomic mass is 9.85. The van der Waals surface area contributed by atoms with Gasteiger partial charge in [0.25, 0.3) is 0 Å². The summed E-state index contributed by atoms with van der Waals surface area (Å²) in [4.78, 5) is 4.33. The summed E-state index contributed by atoms with van der Waals surface area (Å²) in [7, 11) is 0. The summed E-state index contributed by atoms with van der Waals surface area (Å²) in [6, 6.07) is 5.07. The topological polar surface area (TPSA) is 37.0 Å². The van der Waals surface area contributed by atoms with Crippen molar-refractivity contribution in [1.82, 2.24) is 10.3 Å². The van der Waals surface area contributed by atoms with E-state index in [1.165, 1.54) is 31.4 Å². The van der Waals surface area contributed by atoms with Crippen molar-refractivity contribution in [2.24, 2.45) is 5.92 Å². The molecule has 158 valence electrons. The molecule has 1 saturated carbocycles. The van der Waals surface area contributed by atoms with Crippen molar-refractivity contribution in [3.05, 3.63) is 53.0 Å². The summed E-state index contributed by atoms with van der Waals surface area (Å²) in [6.45, 7) is 6.98. The molecule has 1 aromatic carbocycles. The maximum atomic E-state index is 14.5. The van der Waals surface area contributed by atoms with Gasteiger partial charge in [0, 0.05) is 17.8 Å². The van der Waals surface area contributed by atoms with Gasteiger partial charge in [-0.25, -0.2) is 9.37 Å². The van der Waals surface area contributed by atoms with Crippen LogP contribution < -0.4 is 10.6 Å². The number of rotatable bonds is 7. The lowest BCUT2D eigenvalue weighted by Crippen LogP contribution is -2.30. The highest BCUT2D eigenvalue weighted by Crippen LogP contribution is 2.37. The molecule has 2 aromatic rings. The zero-order valence-corrected chi connectivity index (χ0v) is 16.9. The number of anilines is 2. The van der Waals surface area contributed by atoms with Gasteiger partial charge in [0.05, 0.1) is 11.3 Å². The Labute approximate surface area is 168 Å². The maximum absolute atomic E-state index is 14.5. The lowest BCUT2D eigenvalue weighted by Gasteiger charge is -2.29. The molecule has 1 fully saturated rings. The highest BCUT2D eigenvalue weighted by Gasteiger charge is 2.35. The van der Waals surface area contributed by atoms with Crippen molar-refractivity contribution < 1.29 is 17.6 Å². The fraction of sp³-hybridized carbons (Fsp3) is 0.500. The molecule has 2 N–H and O–H groups in total. The van der Waals surface area contributed by atoms with Crippen molar-refractivity contribution in [2.45, 2.75) is 58.2 Å². The molecule has 0 aliphatic heterocycles. The van der Waals surface area contributed by atoms with Gasteiger partial charge in [-0.2, -0.15) is 13.2 Å². The van der Waals surface area contributed by atoms with Crippen LogP contribution in [0.15, 0.2) is 30.5 Å². The van der Waals surface area contributed by atoms with Crippen LogP contribution in [0.2, 0.25) is 0 Å². The van der Waals surface area contributed by atoms with Crippen molar-refractivity contribution >= 4 is 11.5 Å². The van der Waals surface area contributed by atoms with Crippen molar-refractivity contribution in [3.63, 3.8) is 0 Å². The SMILES string of the molecule is CC(C)c1ccnc(Nc2cccc(C(F)(F)F)c2F)c1C(C)NCC1CCC1. The summed E-state index contributed by atoms with van der Waals surface area (Å²) >= 11 is 0. The number of benzene rings is 1. The van der Waals surface area contributed by atoms with Gasteiger partial charge < -0.3 is 10.6 Å². The molecule has 1 aromatic heterocycles. The first-order chi connectivity index (χ1) is 13.7. The van der Waals surface area contributed by atoms with Crippen LogP contribution in [-0.2, 0) is 6.18 Å². The Hall–Kier alpha value is -2.15. The average molecular weight is 409 g/mol. The molecule has 1 heterocycles. The fourth-order valence-corrected chi connectivity index (χ4v) is 3.66. The summed E-state index contributed by atoms with van der Waals surface area (Å²) in [5, 5.41) is 6.34. The highest BCUT2D eigenvalue weighted by molar-refractivity contribution is 5.63. The average Bonchev–Trinajstić information content (AvgIpc) is 2.60. The largest absolute Gasteiger partial charge is 0.419 e. The van der Waals surface area contributed by atoms with E-state index in [2.05, 4.69) is 15.6 Å². The molecule has 1 aliphatic rings. The molecule has 29 heavy (non-hydrogen) atoms. The monoisotopic (exact) mass is 409 g/mol. The standard InChI is InChI=1S/C22H27F4N3/c1-13(2)16-10-11-27-21(19(16)14(3)28-12-15-6-4-7-15)29-18-9-5-8-17(20(18)23)22(24,25)26/h5,8-11,13-15,28H,4,6-7,12H2,1-3H3,(H,27,29). The third kappa shape index (κ3) is 4.89. The van der Waals surface area contributed by atoms with Gasteiger partial charge in [-0.3, -0.25) is 0 Å². The zero-order chi connectivity index (χ0) is 21.2. The minimum absolute atomic E-state index is 0.0712. The first kappa shape index (κ1) is 21.6. The summed E-state index contributed by atoms with van der Waals surface area (Å²) in [6.07, 6.45) is 0.530. The van der Waals surface area contributed by atoms with Gasteiger partial charge >= 0.3 is 6.18 Å². The number of alkyl halides is 3. The van der Waals surface area contributed by atoms with E-state index >= 15 is 0 Å². The molecule has 1 aliphatic carbocycles. The predicted molar refractivity (Wildman–Crippen MR) is 107 cm³/mol. The molecule has 3 rings (SSSR count). The molecule has 0 bridgehead atoms. The van der Waals surface area contributed by atoms with Crippen LogP contribution >= 0.6 is 0 Å². The van der Waals surface area contributed by atoms with Crippen LogP contribution in [0.3, 0.4) is 0 Å². The molecule has 1 atom stereocenters. The molecule has 0 saturated heterocycles. The summed E-state index contributed by atoms with van der Waals surface area (Å²) < 4.78 is 53.7. The fourth-order valence-electron chi connectivity index (χ4n) is 3.66. The summed E-state index contributed by atoms with van der Waals surface area (Å²) in [5.41, 5.74) is 0.364. The van der Waals surface area contributed by atoms with Crippen LogP contribution in [-0.4, -0.2) is 11.5 Å². The minimum atomic E-state index is -4.75. The third-order valence-corrected chi connectivity index (χ3v) is 5.57. The van der Waals surface area contributed by atoms with E-state index in [0.29, 0.717) is 11.7 Å². The van der Waals surface area contributed by atoms with Crippen molar-refractivity contribution in [2.75, 3.05) is 11.9 Å². The Kier molecular flexibility index (Phi) is 6.46. The maximum Gasteiger partial charge on any atom is 0.419 e. The van der Waals surface area contributed by atoms with Crippen LogP contribution in [0.1, 0.15) is 68.7 Å². The Morgan fingerprint density at radius 1 is 1.14 bits per heavy atom. The lowest BCUT2D eigenvalue weighted by molar-refractivity contribution is -0.139. The van der Waals surface area contributed by atoms with Crippen molar-refractivity contribution in [3.8, 4) is 0 Å². The Balaban J connectivity index is 1.94. The molecule has 0 spiro atoms. The first-order valence-corrected chi connectivity index (χ1v) is 10.0. The van der Waals surface area contributed by atoms with Gasteiger partial charge in [0.2, 0.25) is 0 Å². The van der Waals surface area contributed by atoms with Crippen LogP contribution in [0.5, 0.6) is 0 Å². The van der Waals surface area contributed by atoms with E-state index in [0.717, 1.165) is 23.7 Å². The molecular weight excluding hydrogens is 382 g/mol. The smallest absolute Gasteiger partial charge is 0.338 e. The number of pyridine rings is 1. The van der Waals surface area contributed by atoms with E-state index in [-0.39, 0.29) is 17.6 Å². The minimum Gasteiger partial charge on any atom is -0.338 e. The number of nitrogens with zero attached hydrogens (tertiary/aromatic N) is 1. The van der Waals surface area contributed by atoms with Gasteiger partial charge in [-0.1, -0.05) is 26.3 Å². The van der Waals surface area contributed by atoms with Crippen LogP contribution in [0.25, 0.3) is 0 Å². The van der Waals surface area contributed by atoms with E-state index in [1.54, 1.807) is 6.20 Å². The number of aromatic nitrogens is 1. The van der Waals surface area contributed by atoms with E-state index in [1.807, 2.05) is 26.8 Å². The Morgan fingerprint density at radius 2 is 1.86 bits per heavy atom. The molecule has 0 radical (unpaired) electrons. The quantitative estimate of drug-likeness (QED) is 0.509. The second kappa shape index (κ2) is 8.69. The van der Waals surface area contributed by atoms with Gasteiger partial charge in [0.1, 0.15) is 5.82 Å². The number of hydrogen-bond acceptors (Lipinski definition) is 3. The van der Waals surface area contributed by atoms with E-state index < -0.39 is 17.6 Å². The number of hydrogen-bond donors (Lipinski definition) is 2. The van der Waals surface area contributed by atoms with Crippen LogP contribution in [0.4, 0.5) is 29.1 Å². The predicted octanol–water partition coefficient (Wildman–Crippen LogP) is 6.56. The van der Waals surface area contributed by atoms with Gasteiger partial charge in [0.15, 0.2) is 5.82 Å². The third-order valence-electron chi connectivity index (χ3n) is 5.57. The molecule has 3 nitrogen and oxygen atoms in total. The molecule has 0 amide bonds. The molecule has 1 unspecified atom stereocenters. The van der Waals surface area contributed by atoms with Gasteiger partial charge in [-0.05, 0) is 61.9 Å². The zero-order valence-electron chi connectivity index (χ0n) is 16.9. The first-order valence-electron chi connectivity index (χ1n) is 10.0. The normalized spacial score (nSPS) is 16.0.